The molecule has 3 aromatic rings. The Labute approximate surface area is 146 Å². The number of aliphatic imine (C=N–C) groups is 2. The van der Waals surface area contributed by atoms with E-state index in [1.165, 1.54) is 0 Å². The lowest BCUT2D eigenvalue weighted by Gasteiger charge is -2.02. The molecule has 11 heteroatoms. The van der Waals surface area contributed by atoms with E-state index in [1.807, 2.05) is 6.07 Å². The second-order valence-electron chi connectivity index (χ2n) is 4.48. The maximum atomic E-state index is 4.54. The van der Waals surface area contributed by atoms with E-state index in [4.69, 9.17) is 0 Å². The van der Waals surface area contributed by atoms with Crippen molar-refractivity contribution in [2.45, 2.75) is 13.1 Å². The molecule has 0 saturated carbocycles. The van der Waals surface area contributed by atoms with Crippen LogP contribution in [0.1, 0.15) is 11.4 Å². The van der Waals surface area contributed by atoms with Crippen LogP contribution in [0, 0.1) is 0 Å². The molecule has 0 aliphatic carbocycles. The fraction of sp³-hybridized carbons (Fsp3) is 0.154. The second kappa shape index (κ2) is 7.53. The van der Waals surface area contributed by atoms with Crippen molar-refractivity contribution in [2.75, 3.05) is 0 Å². The molecule has 0 N–H and O–H groups in total. The SMILES string of the molecule is S=C=NCc1cn(-c2cccc(-n3cc(CN=C=S)nn3)n2)nn1. The zero-order valence-electron chi connectivity index (χ0n) is 12.1. The number of aromatic nitrogens is 7. The van der Waals surface area contributed by atoms with Crippen LogP contribution in [0.25, 0.3) is 11.6 Å². The van der Waals surface area contributed by atoms with Gasteiger partial charge in [0.15, 0.2) is 11.6 Å². The number of isothiocyanates is 2. The summed E-state index contributed by atoms with van der Waals surface area (Å²) in [5.41, 5.74) is 1.33. The molecule has 0 aromatic carbocycles. The number of hydrogen-bond donors (Lipinski definition) is 0. The van der Waals surface area contributed by atoms with Gasteiger partial charge in [-0.3, -0.25) is 0 Å². The summed E-state index contributed by atoms with van der Waals surface area (Å²) in [5, 5.41) is 20.6. The van der Waals surface area contributed by atoms with Gasteiger partial charge in [0.2, 0.25) is 0 Å². The van der Waals surface area contributed by atoms with Crippen molar-refractivity contribution in [1.29, 1.82) is 0 Å². The molecule has 0 fully saturated rings. The molecule has 3 rings (SSSR count). The predicted molar refractivity (Wildman–Crippen MR) is 91.5 cm³/mol. The van der Waals surface area contributed by atoms with Crippen molar-refractivity contribution in [2.24, 2.45) is 9.98 Å². The number of thiocarbonyl (C=S) groups is 2. The van der Waals surface area contributed by atoms with Gasteiger partial charge < -0.3 is 0 Å². The van der Waals surface area contributed by atoms with Gasteiger partial charge in [-0.2, -0.15) is 0 Å². The predicted octanol–water partition coefficient (Wildman–Crippen LogP) is 1.45. The third-order valence-electron chi connectivity index (χ3n) is 2.88. The Balaban J connectivity index is 1.86. The van der Waals surface area contributed by atoms with Gasteiger partial charge in [0, 0.05) is 0 Å². The number of hydrogen-bond acceptors (Lipinski definition) is 9. The van der Waals surface area contributed by atoms with Crippen LogP contribution in [0.4, 0.5) is 0 Å². The van der Waals surface area contributed by atoms with Gasteiger partial charge in [-0.25, -0.2) is 24.3 Å². The Hall–Kier alpha value is -2.97. The molecule has 3 aromatic heterocycles. The Morgan fingerprint density at radius 3 is 1.83 bits per heavy atom. The van der Waals surface area contributed by atoms with Gasteiger partial charge in [-0.1, -0.05) is 16.5 Å². The van der Waals surface area contributed by atoms with E-state index in [9.17, 15) is 0 Å². The molecular weight excluding hydrogens is 346 g/mol. The smallest absolute Gasteiger partial charge is 0.157 e. The van der Waals surface area contributed by atoms with Crippen molar-refractivity contribution in [1.82, 2.24) is 35.0 Å². The first kappa shape index (κ1) is 15.9. The van der Waals surface area contributed by atoms with E-state index in [0.717, 1.165) is 0 Å². The standard InChI is InChI=1S/C13H9N9S2/c23-8-14-4-10-6-21(19-17-10)12-2-1-3-13(16-12)22-7-11(18-20-22)5-15-9-24/h1-3,6-7H,4-5H2. The number of nitrogens with zero attached hydrogens (tertiary/aromatic N) is 9. The highest BCUT2D eigenvalue weighted by Gasteiger charge is 2.07. The van der Waals surface area contributed by atoms with E-state index in [2.05, 4.69) is 70.4 Å². The van der Waals surface area contributed by atoms with Gasteiger partial charge in [-0.05, 0) is 36.6 Å². The first-order chi connectivity index (χ1) is 11.8. The fourth-order valence-electron chi connectivity index (χ4n) is 1.86. The van der Waals surface area contributed by atoms with Crippen molar-refractivity contribution < 1.29 is 0 Å². The van der Waals surface area contributed by atoms with Crippen LogP contribution in [-0.2, 0) is 13.1 Å². The largest absolute Gasteiger partial charge is 0.226 e. The summed E-state index contributed by atoms with van der Waals surface area (Å²) in [5.74, 6) is 1.18. The van der Waals surface area contributed by atoms with Crippen molar-refractivity contribution in [3.05, 3.63) is 42.0 Å². The van der Waals surface area contributed by atoms with Crippen molar-refractivity contribution >= 4 is 34.8 Å². The molecule has 24 heavy (non-hydrogen) atoms. The Morgan fingerprint density at radius 2 is 1.38 bits per heavy atom. The molecule has 0 spiro atoms. The minimum atomic E-state index is 0.329. The van der Waals surface area contributed by atoms with Crippen LogP contribution >= 0.6 is 24.4 Å². The molecule has 9 nitrogen and oxygen atoms in total. The molecule has 0 aliphatic heterocycles. The summed E-state index contributed by atoms with van der Waals surface area (Å²) in [6.07, 6.45) is 3.45. The van der Waals surface area contributed by atoms with E-state index in [0.29, 0.717) is 36.1 Å². The Morgan fingerprint density at radius 1 is 0.875 bits per heavy atom. The molecule has 0 amide bonds. The third-order valence-corrected chi connectivity index (χ3v) is 3.14. The van der Waals surface area contributed by atoms with Crippen LogP contribution in [-0.4, -0.2) is 45.3 Å². The monoisotopic (exact) mass is 355 g/mol. The Kier molecular flexibility index (Phi) is 4.99. The molecule has 0 radical (unpaired) electrons. The first-order valence-corrected chi connectivity index (χ1v) is 7.49. The van der Waals surface area contributed by atoms with Crippen molar-refractivity contribution in [3.63, 3.8) is 0 Å². The average Bonchev–Trinajstić information content (AvgIpc) is 3.28. The maximum absolute atomic E-state index is 4.54. The highest BCUT2D eigenvalue weighted by Crippen LogP contribution is 2.09. The third kappa shape index (κ3) is 3.67. The summed E-state index contributed by atoms with van der Waals surface area (Å²) in [6, 6.07) is 5.45. The number of pyridine rings is 1. The minimum absolute atomic E-state index is 0.329. The van der Waals surface area contributed by atoms with E-state index >= 15 is 0 Å². The van der Waals surface area contributed by atoms with E-state index in [-0.39, 0.29) is 0 Å². The first-order valence-electron chi connectivity index (χ1n) is 6.67. The van der Waals surface area contributed by atoms with Gasteiger partial charge in [0.1, 0.15) is 11.4 Å². The van der Waals surface area contributed by atoms with Gasteiger partial charge in [-0.15, -0.1) is 10.2 Å². The molecule has 0 atom stereocenters. The molecule has 0 bridgehead atoms. The summed E-state index contributed by atoms with van der Waals surface area (Å²) < 4.78 is 3.10. The van der Waals surface area contributed by atoms with Gasteiger partial charge in [0.05, 0.1) is 35.8 Å². The van der Waals surface area contributed by atoms with E-state index < -0.39 is 0 Å². The molecule has 3 heterocycles. The summed E-state index contributed by atoms with van der Waals surface area (Å²) in [4.78, 5) is 12.1. The zero-order chi connectivity index (χ0) is 16.8. The maximum Gasteiger partial charge on any atom is 0.157 e. The van der Waals surface area contributed by atoms with Crippen molar-refractivity contribution in [3.8, 4) is 11.6 Å². The van der Waals surface area contributed by atoms with Crippen LogP contribution in [0.15, 0.2) is 40.6 Å². The lowest BCUT2D eigenvalue weighted by atomic mass is 10.4. The second-order valence-corrected chi connectivity index (χ2v) is 4.84. The molecule has 0 unspecified atom stereocenters. The van der Waals surface area contributed by atoms with Crippen LogP contribution in [0.5, 0.6) is 0 Å². The summed E-state index contributed by atoms with van der Waals surface area (Å²) in [7, 11) is 0. The average molecular weight is 355 g/mol. The summed E-state index contributed by atoms with van der Waals surface area (Å²) >= 11 is 9.07. The minimum Gasteiger partial charge on any atom is -0.226 e. The van der Waals surface area contributed by atoms with Crippen LogP contribution in [0.2, 0.25) is 0 Å². The Bertz CT molecular complexity index is 874. The molecule has 0 aliphatic rings. The van der Waals surface area contributed by atoms with Crippen LogP contribution in [0.3, 0.4) is 0 Å². The quantitative estimate of drug-likeness (QED) is 0.487. The lowest BCUT2D eigenvalue weighted by molar-refractivity contribution is 0.746. The van der Waals surface area contributed by atoms with Gasteiger partial charge >= 0.3 is 0 Å². The zero-order valence-corrected chi connectivity index (χ0v) is 13.8. The topological polar surface area (TPSA) is 99.0 Å². The highest BCUT2D eigenvalue weighted by molar-refractivity contribution is 7.78. The summed E-state index contributed by atoms with van der Waals surface area (Å²) in [6.45, 7) is 0.659. The molecule has 0 saturated heterocycles. The lowest BCUT2D eigenvalue weighted by Crippen LogP contribution is -2.04. The highest BCUT2D eigenvalue weighted by atomic mass is 32.1. The van der Waals surface area contributed by atoms with E-state index in [1.54, 1.807) is 33.9 Å². The molecular formula is C13H9N9S2. The fourth-order valence-corrected chi connectivity index (χ4v) is 1.99. The number of rotatable bonds is 6. The molecule has 118 valence electrons. The normalized spacial score (nSPS) is 10.0. The van der Waals surface area contributed by atoms with Crippen LogP contribution < -0.4 is 0 Å². The van der Waals surface area contributed by atoms with Gasteiger partial charge in [0.25, 0.3) is 0 Å².